The Morgan fingerprint density at radius 1 is 0.848 bits per heavy atom. The van der Waals surface area contributed by atoms with Crippen LogP contribution in [-0.2, 0) is 16.0 Å². The van der Waals surface area contributed by atoms with Crippen LogP contribution in [0, 0.1) is 5.92 Å². The second kappa shape index (κ2) is 12.5. The Morgan fingerprint density at radius 2 is 1.45 bits per heavy atom. The summed E-state index contributed by atoms with van der Waals surface area (Å²) < 4.78 is 16.1. The molecule has 5 nitrogen and oxygen atoms in total. The van der Waals surface area contributed by atoms with Crippen molar-refractivity contribution in [3.63, 3.8) is 0 Å². The van der Waals surface area contributed by atoms with Gasteiger partial charge in [-0.1, -0.05) is 42.5 Å². The second-order valence-corrected chi connectivity index (χ2v) is 7.86. The predicted octanol–water partition coefficient (Wildman–Crippen LogP) is 6.06. The van der Waals surface area contributed by atoms with Gasteiger partial charge in [-0.15, -0.1) is 0 Å². The molecule has 0 saturated heterocycles. The highest BCUT2D eigenvalue weighted by atomic mass is 16.5. The van der Waals surface area contributed by atoms with E-state index >= 15 is 0 Å². The Bertz CT molecular complexity index is 971. The third kappa shape index (κ3) is 7.01. The molecule has 5 heteroatoms. The summed E-state index contributed by atoms with van der Waals surface area (Å²) in [6.07, 6.45) is 2.49. The van der Waals surface area contributed by atoms with Gasteiger partial charge >= 0.3 is 5.97 Å². The summed E-state index contributed by atoms with van der Waals surface area (Å²) in [5.41, 5.74) is 3.18. The van der Waals surface area contributed by atoms with Gasteiger partial charge in [0.25, 0.3) is 0 Å². The number of ether oxygens (including phenoxy) is 3. The topological polar surface area (TPSA) is 56.8 Å². The van der Waals surface area contributed by atoms with Crippen molar-refractivity contribution in [2.75, 3.05) is 26.1 Å². The zero-order valence-electron chi connectivity index (χ0n) is 19.6. The maximum atomic E-state index is 13.1. The van der Waals surface area contributed by atoms with Crippen molar-refractivity contribution in [1.29, 1.82) is 0 Å². The van der Waals surface area contributed by atoms with Crippen LogP contribution in [0.25, 0.3) is 0 Å². The molecule has 0 amide bonds. The first-order valence-corrected chi connectivity index (χ1v) is 11.4. The molecule has 0 unspecified atom stereocenters. The van der Waals surface area contributed by atoms with Crippen molar-refractivity contribution in [2.45, 2.75) is 32.2 Å². The Labute approximate surface area is 196 Å². The third-order valence-electron chi connectivity index (χ3n) is 5.70. The number of nitrogens with one attached hydrogen (secondary N) is 1. The van der Waals surface area contributed by atoms with Gasteiger partial charge in [0.15, 0.2) is 0 Å². The quantitative estimate of drug-likeness (QED) is 0.342. The third-order valence-corrected chi connectivity index (χ3v) is 5.70. The first kappa shape index (κ1) is 24.2. The predicted molar refractivity (Wildman–Crippen MR) is 132 cm³/mol. The number of carbonyl (C=O) groups is 1. The van der Waals surface area contributed by atoms with Gasteiger partial charge in [-0.3, -0.25) is 4.79 Å². The number of anilines is 1. The van der Waals surface area contributed by atoms with Gasteiger partial charge in [0.05, 0.1) is 32.8 Å². The summed E-state index contributed by atoms with van der Waals surface area (Å²) >= 11 is 0. The SMILES string of the molecule is CCOC(=O)[C@H](CCCc1ccccc1)[C@H](Nc1ccc(OC)cc1)c1ccc(OC)cc1. The number of aryl methyl sites for hydroxylation is 1. The maximum Gasteiger partial charge on any atom is 0.311 e. The van der Waals surface area contributed by atoms with Gasteiger partial charge in [-0.05, 0) is 73.7 Å². The van der Waals surface area contributed by atoms with E-state index < -0.39 is 0 Å². The van der Waals surface area contributed by atoms with Crippen molar-refractivity contribution in [3.8, 4) is 11.5 Å². The molecule has 3 aromatic rings. The van der Waals surface area contributed by atoms with Gasteiger partial charge in [0, 0.05) is 5.69 Å². The van der Waals surface area contributed by atoms with Gasteiger partial charge in [-0.25, -0.2) is 0 Å². The zero-order chi connectivity index (χ0) is 23.5. The van der Waals surface area contributed by atoms with E-state index in [1.54, 1.807) is 14.2 Å². The van der Waals surface area contributed by atoms with Gasteiger partial charge in [0.2, 0.25) is 0 Å². The lowest BCUT2D eigenvalue weighted by Gasteiger charge is -2.28. The van der Waals surface area contributed by atoms with E-state index in [1.807, 2.05) is 73.7 Å². The molecule has 1 N–H and O–H groups in total. The molecule has 0 fully saturated rings. The van der Waals surface area contributed by atoms with Gasteiger partial charge in [0.1, 0.15) is 11.5 Å². The minimum Gasteiger partial charge on any atom is -0.497 e. The Balaban J connectivity index is 1.87. The number of hydrogen-bond donors (Lipinski definition) is 1. The van der Waals surface area contributed by atoms with E-state index in [9.17, 15) is 4.79 Å². The summed E-state index contributed by atoms with van der Waals surface area (Å²) in [4.78, 5) is 13.1. The molecular formula is C28H33NO4. The lowest BCUT2D eigenvalue weighted by atomic mass is 9.87. The highest BCUT2D eigenvalue weighted by Gasteiger charge is 2.31. The molecule has 0 radical (unpaired) electrons. The minimum atomic E-state index is -0.343. The second-order valence-electron chi connectivity index (χ2n) is 7.86. The fourth-order valence-corrected chi connectivity index (χ4v) is 3.93. The van der Waals surface area contributed by atoms with Crippen LogP contribution in [-0.4, -0.2) is 26.8 Å². The number of methoxy groups -OCH3 is 2. The van der Waals surface area contributed by atoms with Crippen LogP contribution in [0.15, 0.2) is 78.9 Å². The zero-order valence-corrected chi connectivity index (χ0v) is 19.6. The molecule has 0 bridgehead atoms. The smallest absolute Gasteiger partial charge is 0.311 e. The number of carbonyl (C=O) groups excluding carboxylic acids is 1. The van der Waals surface area contributed by atoms with Crippen molar-refractivity contribution in [1.82, 2.24) is 0 Å². The Morgan fingerprint density at radius 3 is 2.03 bits per heavy atom. The largest absolute Gasteiger partial charge is 0.497 e. The number of esters is 1. The molecule has 174 valence electrons. The van der Waals surface area contributed by atoms with Gasteiger partial charge < -0.3 is 19.5 Å². The molecule has 0 aromatic heterocycles. The Hall–Kier alpha value is -3.47. The lowest BCUT2D eigenvalue weighted by molar-refractivity contribution is -0.148. The first-order valence-electron chi connectivity index (χ1n) is 11.4. The summed E-state index contributed by atoms with van der Waals surface area (Å²) in [5.74, 6) is 1.03. The van der Waals surface area contributed by atoms with Crippen LogP contribution in [0.1, 0.15) is 36.9 Å². The van der Waals surface area contributed by atoms with E-state index in [-0.39, 0.29) is 17.9 Å². The number of benzene rings is 3. The highest BCUT2D eigenvalue weighted by molar-refractivity contribution is 5.74. The first-order chi connectivity index (χ1) is 16.1. The molecule has 3 aromatic carbocycles. The summed E-state index contributed by atoms with van der Waals surface area (Å²) in [6.45, 7) is 2.20. The molecule has 0 spiro atoms. The maximum absolute atomic E-state index is 13.1. The fraction of sp³-hybridized carbons (Fsp3) is 0.321. The van der Waals surface area contributed by atoms with E-state index in [2.05, 4.69) is 17.4 Å². The molecule has 0 aliphatic rings. The molecular weight excluding hydrogens is 414 g/mol. The van der Waals surface area contributed by atoms with Crippen molar-refractivity contribution < 1.29 is 19.0 Å². The highest BCUT2D eigenvalue weighted by Crippen LogP contribution is 2.33. The van der Waals surface area contributed by atoms with Crippen LogP contribution in [0.3, 0.4) is 0 Å². The fourth-order valence-electron chi connectivity index (χ4n) is 3.93. The molecule has 0 aliphatic carbocycles. The minimum absolute atomic E-state index is 0.188. The number of hydrogen-bond acceptors (Lipinski definition) is 5. The van der Waals surface area contributed by atoms with Crippen LogP contribution in [0.2, 0.25) is 0 Å². The van der Waals surface area contributed by atoms with Crippen molar-refractivity contribution in [3.05, 3.63) is 90.0 Å². The van der Waals surface area contributed by atoms with Crippen LogP contribution < -0.4 is 14.8 Å². The van der Waals surface area contributed by atoms with Crippen LogP contribution in [0.5, 0.6) is 11.5 Å². The average Bonchev–Trinajstić information content (AvgIpc) is 2.87. The van der Waals surface area contributed by atoms with Crippen molar-refractivity contribution in [2.24, 2.45) is 5.92 Å². The molecule has 3 rings (SSSR count). The molecule has 0 aliphatic heterocycles. The molecule has 2 atom stereocenters. The summed E-state index contributed by atoms with van der Waals surface area (Å²) in [5, 5.41) is 3.57. The van der Waals surface area contributed by atoms with Crippen LogP contribution in [0.4, 0.5) is 5.69 Å². The van der Waals surface area contributed by atoms with E-state index in [0.717, 1.165) is 35.6 Å². The molecule has 0 heterocycles. The van der Waals surface area contributed by atoms with E-state index in [4.69, 9.17) is 14.2 Å². The number of rotatable bonds is 12. The monoisotopic (exact) mass is 447 g/mol. The van der Waals surface area contributed by atoms with E-state index in [1.165, 1.54) is 5.56 Å². The van der Waals surface area contributed by atoms with Gasteiger partial charge in [-0.2, -0.15) is 0 Å². The lowest BCUT2D eigenvalue weighted by Crippen LogP contribution is -2.29. The summed E-state index contributed by atoms with van der Waals surface area (Å²) in [6, 6.07) is 25.7. The molecule has 33 heavy (non-hydrogen) atoms. The molecule has 0 saturated carbocycles. The normalized spacial score (nSPS) is 12.5. The van der Waals surface area contributed by atoms with Crippen LogP contribution >= 0.6 is 0 Å². The summed E-state index contributed by atoms with van der Waals surface area (Å²) in [7, 11) is 3.29. The van der Waals surface area contributed by atoms with Crippen molar-refractivity contribution >= 4 is 11.7 Å². The standard InChI is InChI=1S/C28H33NO4/c1-4-33-28(30)26(12-8-11-21-9-6-5-7-10-21)27(22-13-17-24(31-2)18-14-22)29-23-15-19-25(32-3)20-16-23/h5-7,9-10,13-20,26-27,29H,4,8,11-12H2,1-3H3/t26-,27-/m1/s1. The average molecular weight is 448 g/mol. The Kier molecular flexibility index (Phi) is 9.19. The van der Waals surface area contributed by atoms with E-state index in [0.29, 0.717) is 13.0 Å².